The summed E-state index contributed by atoms with van der Waals surface area (Å²) in [6, 6.07) is 4.76. The number of sulfonamides is 1. The van der Waals surface area contributed by atoms with Gasteiger partial charge in [0.25, 0.3) is 0 Å². The van der Waals surface area contributed by atoms with Crippen molar-refractivity contribution in [1.29, 1.82) is 0 Å². The van der Waals surface area contributed by atoms with Crippen LogP contribution in [0.2, 0.25) is 0 Å². The van der Waals surface area contributed by atoms with E-state index in [1.165, 1.54) is 0 Å². The van der Waals surface area contributed by atoms with E-state index in [0.717, 1.165) is 17.5 Å². The van der Waals surface area contributed by atoms with Crippen molar-refractivity contribution in [2.75, 3.05) is 22.8 Å². The summed E-state index contributed by atoms with van der Waals surface area (Å²) in [7, 11) is -3.30. The highest BCUT2D eigenvalue weighted by atomic mass is 32.2. The first kappa shape index (κ1) is 17.0. The van der Waals surface area contributed by atoms with Gasteiger partial charge in [-0.2, -0.15) is 0 Å². The summed E-state index contributed by atoms with van der Waals surface area (Å²) in [5.41, 5.74) is 2.03. The highest BCUT2D eigenvalue weighted by Crippen LogP contribution is 2.21. The molecule has 7 heteroatoms. The number of aryl methyl sites for hydroxylation is 1. The predicted octanol–water partition coefficient (Wildman–Crippen LogP) is 1.47. The van der Waals surface area contributed by atoms with Gasteiger partial charge in [0.05, 0.1) is 11.9 Å². The minimum atomic E-state index is -3.30. The fourth-order valence-corrected chi connectivity index (χ4v) is 2.34. The second-order valence-corrected chi connectivity index (χ2v) is 6.55. The molecule has 0 heterocycles. The van der Waals surface area contributed by atoms with E-state index in [4.69, 9.17) is 0 Å². The van der Waals surface area contributed by atoms with Crippen LogP contribution in [-0.2, 0) is 14.8 Å². The van der Waals surface area contributed by atoms with Gasteiger partial charge in [0.2, 0.25) is 15.9 Å². The SMILES string of the molecule is C=CCNC(=O)[C@@H](C)Nc1ccc(NS(C)(=O)=O)c(C)c1. The largest absolute Gasteiger partial charge is 0.374 e. The lowest BCUT2D eigenvalue weighted by Crippen LogP contribution is -2.37. The maximum Gasteiger partial charge on any atom is 0.242 e. The van der Waals surface area contributed by atoms with Crippen LogP contribution in [0.25, 0.3) is 0 Å². The molecule has 1 amide bonds. The minimum Gasteiger partial charge on any atom is -0.374 e. The second kappa shape index (κ2) is 7.12. The van der Waals surface area contributed by atoms with Gasteiger partial charge in [-0.1, -0.05) is 6.08 Å². The zero-order valence-electron chi connectivity index (χ0n) is 12.4. The van der Waals surface area contributed by atoms with E-state index < -0.39 is 16.1 Å². The topological polar surface area (TPSA) is 87.3 Å². The Morgan fingerprint density at radius 2 is 2.10 bits per heavy atom. The molecule has 0 aliphatic carbocycles. The molecule has 0 saturated heterocycles. The van der Waals surface area contributed by atoms with Crippen LogP contribution in [0.4, 0.5) is 11.4 Å². The molecule has 0 saturated carbocycles. The van der Waals surface area contributed by atoms with E-state index in [1.54, 1.807) is 38.1 Å². The molecule has 0 unspecified atom stereocenters. The van der Waals surface area contributed by atoms with Crippen molar-refractivity contribution < 1.29 is 13.2 Å². The lowest BCUT2D eigenvalue weighted by molar-refractivity contribution is -0.121. The molecule has 0 radical (unpaired) electrons. The molecule has 0 bridgehead atoms. The van der Waals surface area contributed by atoms with Gasteiger partial charge in [-0.05, 0) is 37.6 Å². The number of hydrogen-bond acceptors (Lipinski definition) is 4. The Labute approximate surface area is 125 Å². The quantitative estimate of drug-likeness (QED) is 0.665. The Bertz CT molecular complexity index is 626. The van der Waals surface area contributed by atoms with Crippen molar-refractivity contribution in [1.82, 2.24) is 5.32 Å². The number of hydrogen-bond donors (Lipinski definition) is 3. The van der Waals surface area contributed by atoms with Crippen molar-refractivity contribution in [3.63, 3.8) is 0 Å². The second-order valence-electron chi connectivity index (χ2n) is 4.80. The molecule has 1 aromatic rings. The Morgan fingerprint density at radius 3 is 2.62 bits per heavy atom. The lowest BCUT2D eigenvalue weighted by atomic mass is 10.1. The van der Waals surface area contributed by atoms with E-state index in [1.807, 2.05) is 0 Å². The first-order valence-corrected chi connectivity index (χ1v) is 8.35. The maximum absolute atomic E-state index is 11.7. The highest BCUT2D eigenvalue weighted by molar-refractivity contribution is 7.92. The van der Waals surface area contributed by atoms with Crippen molar-refractivity contribution in [3.05, 3.63) is 36.4 Å². The predicted molar refractivity (Wildman–Crippen MR) is 85.9 cm³/mol. The zero-order chi connectivity index (χ0) is 16.0. The van der Waals surface area contributed by atoms with Crippen molar-refractivity contribution in [2.24, 2.45) is 0 Å². The molecular formula is C14H21N3O3S. The maximum atomic E-state index is 11.7. The number of nitrogens with one attached hydrogen (secondary N) is 3. The summed E-state index contributed by atoms with van der Waals surface area (Å²) >= 11 is 0. The molecule has 3 N–H and O–H groups in total. The number of amides is 1. The Morgan fingerprint density at radius 1 is 1.43 bits per heavy atom. The summed E-state index contributed by atoms with van der Waals surface area (Å²) in [5.74, 6) is -0.133. The smallest absolute Gasteiger partial charge is 0.242 e. The molecule has 0 fully saturated rings. The van der Waals surface area contributed by atoms with Crippen LogP contribution in [0.5, 0.6) is 0 Å². The van der Waals surface area contributed by atoms with Gasteiger partial charge in [0.1, 0.15) is 6.04 Å². The molecule has 0 aliphatic rings. The van der Waals surface area contributed by atoms with Gasteiger partial charge in [0.15, 0.2) is 0 Å². The van der Waals surface area contributed by atoms with Crippen LogP contribution in [-0.4, -0.2) is 33.2 Å². The van der Waals surface area contributed by atoms with Gasteiger partial charge in [-0.3, -0.25) is 9.52 Å². The molecular weight excluding hydrogens is 290 g/mol. The molecule has 116 valence electrons. The number of benzene rings is 1. The number of carbonyl (C=O) groups excluding carboxylic acids is 1. The third-order valence-corrected chi connectivity index (χ3v) is 3.31. The third-order valence-electron chi connectivity index (χ3n) is 2.72. The molecule has 6 nitrogen and oxygen atoms in total. The Hall–Kier alpha value is -2.02. The normalized spacial score (nSPS) is 12.3. The number of rotatable bonds is 7. The van der Waals surface area contributed by atoms with E-state index in [0.29, 0.717) is 12.2 Å². The van der Waals surface area contributed by atoms with Gasteiger partial charge < -0.3 is 10.6 Å². The molecule has 1 rings (SSSR count). The summed E-state index contributed by atoms with van der Waals surface area (Å²) in [4.78, 5) is 11.7. The fourth-order valence-electron chi connectivity index (χ4n) is 1.71. The van der Waals surface area contributed by atoms with Crippen LogP contribution in [0.3, 0.4) is 0 Å². The van der Waals surface area contributed by atoms with Gasteiger partial charge in [-0.15, -0.1) is 6.58 Å². The summed E-state index contributed by atoms with van der Waals surface area (Å²) in [6.45, 7) is 7.49. The van der Waals surface area contributed by atoms with Crippen LogP contribution in [0, 0.1) is 6.92 Å². The van der Waals surface area contributed by atoms with Crippen LogP contribution in [0.15, 0.2) is 30.9 Å². The van der Waals surface area contributed by atoms with Crippen LogP contribution in [0.1, 0.15) is 12.5 Å². The van der Waals surface area contributed by atoms with Crippen LogP contribution >= 0.6 is 0 Å². The molecule has 21 heavy (non-hydrogen) atoms. The first-order chi connectivity index (χ1) is 9.73. The molecule has 1 atom stereocenters. The third kappa shape index (κ3) is 5.86. The highest BCUT2D eigenvalue weighted by Gasteiger charge is 2.12. The summed E-state index contributed by atoms with van der Waals surface area (Å²) in [6.07, 6.45) is 2.71. The monoisotopic (exact) mass is 311 g/mol. The number of anilines is 2. The van der Waals surface area contributed by atoms with Gasteiger partial charge in [0, 0.05) is 12.2 Å². The van der Waals surface area contributed by atoms with E-state index in [9.17, 15) is 13.2 Å². The lowest BCUT2D eigenvalue weighted by Gasteiger charge is -2.16. The van der Waals surface area contributed by atoms with Crippen LogP contribution < -0.4 is 15.4 Å². The standard InChI is InChI=1S/C14H21N3O3S/c1-5-8-15-14(18)11(3)16-12-6-7-13(10(2)9-12)17-21(4,19)20/h5-7,9,11,16-17H,1,8H2,2-4H3,(H,15,18)/t11-/m1/s1. The summed E-state index contributed by atoms with van der Waals surface area (Å²) < 4.78 is 24.9. The molecule has 1 aromatic carbocycles. The Balaban J connectivity index is 2.75. The van der Waals surface area contributed by atoms with Crippen molar-refractivity contribution in [3.8, 4) is 0 Å². The van der Waals surface area contributed by atoms with Crippen molar-refractivity contribution in [2.45, 2.75) is 19.9 Å². The fraction of sp³-hybridized carbons (Fsp3) is 0.357. The van der Waals surface area contributed by atoms with Gasteiger partial charge in [-0.25, -0.2) is 8.42 Å². The van der Waals surface area contributed by atoms with Crippen molar-refractivity contribution >= 4 is 27.3 Å². The van der Waals surface area contributed by atoms with E-state index in [2.05, 4.69) is 21.9 Å². The molecule has 0 aromatic heterocycles. The molecule has 0 spiro atoms. The minimum absolute atomic E-state index is 0.133. The number of carbonyl (C=O) groups is 1. The average Bonchev–Trinajstić information content (AvgIpc) is 2.37. The average molecular weight is 311 g/mol. The summed E-state index contributed by atoms with van der Waals surface area (Å²) in [5, 5.41) is 5.76. The Kier molecular flexibility index (Phi) is 5.78. The first-order valence-electron chi connectivity index (χ1n) is 6.46. The van der Waals surface area contributed by atoms with E-state index >= 15 is 0 Å². The van der Waals surface area contributed by atoms with E-state index in [-0.39, 0.29) is 5.91 Å². The van der Waals surface area contributed by atoms with Gasteiger partial charge >= 0.3 is 0 Å². The molecule has 0 aliphatic heterocycles. The zero-order valence-corrected chi connectivity index (χ0v) is 13.3.